The highest BCUT2D eigenvalue weighted by Gasteiger charge is 2.31. The lowest BCUT2D eigenvalue weighted by atomic mass is 10.1. The van der Waals surface area contributed by atoms with Crippen LogP contribution in [0.15, 0.2) is 54.6 Å². The van der Waals surface area contributed by atoms with Crippen LogP contribution in [0.1, 0.15) is 22.0 Å². The average molecular weight is 325 g/mol. The zero-order valence-corrected chi connectivity index (χ0v) is 12.5. The number of rotatable bonds is 3. The molecule has 1 aliphatic rings. The molecule has 1 amide bonds. The van der Waals surface area contributed by atoms with Crippen LogP contribution in [0.5, 0.6) is 0 Å². The summed E-state index contributed by atoms with van der Waals surface area (Å²) in [5, 5.41) is 12.1. The molecule has 0 radical (unpaired) electrons. The third kappa shape index (κ3) is 2.17. The first-order valence-corrected chi connectivity index (χ1v) is 7.53. The van der Waals surface area contributed by atoms with Crippen molar-refractivity contribution in [1.82, 2.24) is 0 Å². The van der Waals surface area contributed by atoms with Crippen LogP contribution in [-0.4, -0.2) is 17.6 Å². The fraction of sp³-hybridized carbons (Fsp3) is 0.105. The fourth-order valence-electron chi connectivity index (χ4n) is 3.20. The molecule has 1 heterocycles. The molecule has 3 aromatic rings. The van der Waals surface area contributed by atoms with E-state index in [1.807, 2.05) is 18.2 Å². The third-order valence-electron chi connectivity index (χ3n) is 4.32. The molecule has 0 bridgehead atoms. The smallest absolute Gasteiger partial charge is 0.259 e. The molecule has 1 unspecified atom stereocenters. The summed E-state index contributed by atoms with van der Waals surface area (Å²) in [5.74, 6) is -1.59. The Kier molecular flexibility index (Phi) is 3.32. The van der Waals surface area contributed by atoms with Gasteiger partial charge >= 0.3 is 0 Å². The number of hydrogen-bond acceptors (Lipinski definition) is 2. The van der Waals surface area contributed by atoms with Gasteiger partial charge in [0.05, 0.1) is 18.3 Å². The highest BCUT2D eigenvalue weighted by molar-refractivity contribution is 6.25. The molecule has 3 nitrogen and oxygen atoms in total. The monoisotopic (exact) mass is 325 g/mol. The molecule has 1 aliphatic heterocycles. The lowest BCUT2D eigenvalue weighted by Gasteiger charge is -2.22. The molecule has 0 saturated heterocycles. The van der Waals surface area contributed by atoms with Crippen molar-refractivity contribution in [2.24, 2.45) is 0 Å². The molecule has 0 aromatic heterocycles. The van der Waals surface area contributed by atoms with Crippen molar-refractivity contribution in [3.8, 4) is 0 Å². The fourth-order valence-corrected chi connectivity index (χ4v) is 3.20. The predicted molar refractivity (Wildman–Crippen MR) is 86.9 cm³/mol. The highest BCUT2D eigenvalue weighted by atomic mass is 19.1. The molecule has 3 aromatic carbocycles. The maximum Gasteiger partial charge on any atom is 0.259 e. The zero-order chi connectivity index (χ0) is 16.8. The van der Waals surface area contributed by atoms with Gasteiger partial charge in [-0.2, -0.15) is 0 Å². The van der Waals surface area contributed by atoms with Crippen LogP contribution in [0.3, 0.4) is 0 Å². The summed E-state index contributed by atoms with van der Waals surface area (Å²) in [6, 6.07) is 13.8. The Balaban J connectivity index is 1.73. The summed E-state index contributed by atoms with van der Waals surface area (Å²) in [7, 11) is 0. The van der Waals surface area contributed by atoms with Gasteiger partial charge in [-0.05, 0) is 35.7 Å². The second-order valence-electron chi connectivity index (χ2n) is 5.78. The quantitative estimate of drug-likeness (QED) is 0.795. The Morgan fingerprint density at radius 3 is 2.58 bits per heavy atom. The lowest BCUT2D eigenvalue weighted by Crippen LogP contribution is -2.31. The van der Waals surface area contributed by atoms with E-state index in [-0.39, 0.29) is 18.0 Å². The second kappa shape index (κ2) is 5.39. The predicted octanol–water partition coefficient (Wildman–Crippen LogP) is 3.81. The number of nitrogens with zero attached hydrogens (tertiary/aromatic N) is 1. The van der Waals surface area contributed by atoms with Gasteiger partial charge in [0, 0.05) is 16.5 Å². The minimum absolute atomic E-state index is 0.146. The van der Waals surface area contributed by atoms with E-state index in [0.29, 0.717) is 11.3 Å². The molecule has 1 atom stereocenters. The van der Waals surface area contributed by atoms with E-state index in [0.717, 1.165) is 29.0 Å². The van der Waals surface area contributed by atoms with Gasteiger partial charge in [-0.3, -0.25) is 4.79 Å². The molecule has 120 valence electrons. The van der Waals surface area contributed by atoms with Gasteiger partial charge in [0.2, 0.25) is 0 Å². The van der Waals surface area contributed by atoms with E-state index in [9.17, 15) is 18.7 Å². The van der Waals surface area contributed by atoms with E-state index in [2.05, 4.69) is 0 Å². The largest absolute Gasteiger partial charge is 0.386 e. The van der Waals surface area contributed by atoms with Gasteiger partial charge in [0.1, 0.15) is 11.6 Å². The van der Waals surface area contributed by atoms with Gasteiger partial charge in [-0.25, -0.2) is 8.78 Å². The van der Waals surface area contributed by atoms with Gasteiger partial charge in [0.25, 0.3) is 5.91 Å². The number of carbonyl (C=O) groups is 1. The van der Waals surface area contributed by atoms with E-state index in [4.69, 9.17) is 0 Å². The molecular formula is C19H13F2NO2. The number of halogens is 2. The van der Waals surface area contributed by atoms with E-state index in [1.54, 1.807) is 18.2 Å². The van der Waals surface area contributed by atoms with Crippen molar-refractivity contribution >= 4 is 22.4 Å². The highest BCUT2D eigenvalue weighted by Crippen LogP contribution is 2.38. The van der Waals surface area contributed by atoms with E-state index < -0.39 is 17.7 Å². The Hall–Kier alpha value is -2.79. The molecule has 0 spiro atoms. The van der Waals surface area contributed by atoms with Crippen molar-refractivity contribution in [3.05, 3.63) is 77.4 Å². The van der Waals surface area contributed by atoms with E-state index >= 15 is 0 Å². The minimum atomic E-state index is -1.32. The van der Waals surface area contributed by atoms with Crippen LogP contribution in [0.2, 0.25) is 0 Å². The topological polar surface area (TPSA) is 40.5 Å². The van der Waals surface area contributed by atoms with Crippen molar-refractivity contribution in [1.29, 1.82) is 0 Å². The van der Waals surface area contributed by atoms with Crippen molar-refractivity contribution in [2.75, 3.05) is 11.4 Å². The SMILES string of the molecule is O=C1c2cccc3cccc(c23)N1CC(O)c1cc(F)ccc1F. The van der Waals surface area contributed by atoms with Crippen LogP contribution >= 0.6 is 0 Å². The number of amides is 1. The number of anilines is 1. The van der Waals surface area contributed by atoms with E-state index in [1.165, 1.54) is 4.90 Å². The Labute approximate surface area is 136 Å². The van der Waals surface area contributed by atoms with Crippen LogP contribution in [-0.2, 0) is 0 Å². The summed E-state index contributed by atoms with van der Waals surface area (Å²) in [6.07, 6.45) is -1.32. The third-order valence-corrected chi connectivity index (χ3v) is 4.32. The first-order chi connectivity index (χ1) is 11.6. The molecular weight excluding hydrogens is 312 g/mol. The number of hydrogen-bond donors (Lipinski definition) is 1. The van der Waals surface area contributed by atoms with Gasteiger partial charge in [-0.1, -0.05) is 24.3 Å². The summed E-state index contributed by atoms with van der Waals surface area (Å²) in [4.78, 5) is 14.1. The van der Waals surface area contributed by atoms with Crippen LogP contribution in [0.4, 0.5) is 14.5 Å². The molecule has 1 N–H and O–H groups in total. The first-order valence-electron chi connectivity index (χ1n) is 7.53. The molecule has 0 fully saturated rings. The maximum atomic E-state index is 13.9. The van der Waals surface area contributed by atoms with Crippen LogP contribution in [0.25, 0.3) is 10.8 Å². The Morgan fingerprint density at radius 2 is 1.79 bits per heavy atom. The van der Waals surface area contributed by atoms with Crippen LogP contribution < -0.4 is 4.90 Å². The van der Waals surface area contributed by atoms with Gasteiger partial charge in [-0.15, -0.1) is 0 Å². The zero-order valence-electron chi connectivity index (χ0n) is 12.5. The van der Waals surface area contributed by atoms with Gasteiger partial charge in [0.15, 0.2) is 0 Å². The Morgan fingerprint density at radius 1 is 1.04 bits per heavy atom. The number of aliphatic hydroxyl groups excluding tert-OH is 1. The molecule has 5 heteroatoms. The summed E-state index contributed by atoms with van der Waals surface area (Å²) in [5.41, 5.74) is 1.06. The van der Waals surface area contributed by atoms with Crippen LogP contribution in [0, 0.1) is 11.6 Å². The summed E-state index contributed by atoms with van der Waals surface area (Å²) in [6.45, 7) is -0.146. The number of carbonyl (C=O) groups excluding carboxylic acids is 1. The maximum absolute atomic E-state index is 13.9. The van der Waals surface area contributed by atoms with Crippen molar-refractivity contribution < 1.29 is 18.7 Å². The normalized spacial score (nSPS) is 14.5. The van der Waals surface area contributed by atoms with Crippen molar-refractivity contribution in [2.45, 2.75) is 6.10 Å². The van der Waals surface area contributed by atoms with Gasteiger partial charge < -0.3 is 10.0 Å². The minimum Gasteiger partial charge on any atom is -0.386 e. The molecule has 24 heavy (non-hydrogen) atoms. The number of β-amino-alcohol motifs (C(OH)–C–C–N with tert-alkyl or cyclic N) is 1. The summed E-state index contributed by atoms with van der Waals surface area (Å²) < 4.78 is 27.2. The Bertz CT molecular complexity index is 965. The first kappa shape index (κ1) is 14.8. The van der Waals surface area contributed by atoms with Crippen molar-refractivity contribution in [3.63, 3.8) is 0 Å². The molecule has 4 rings (SSSR count). The molecule has 0 saturated carbocycles. The lowest BCUT2D eigenvalue weighted by molar-refractivity contribution is 0.0967. The summed E-state index contributed by atoms with van der Waals surface area (Å²) >= 11 is 0. The second-order valence-corrected chi connectivity index (χ2v) is 5.78. The molecule has 0 aliphatic carbocycles. The number of aliphatic hydroxyl groups is 1. The average Bonchev–Trinajstić information content (AvgIpc) is 2.85. The number of benzene rings is 3. The standard InChI is InChI=1S/C19H13F2NO2/c20-12-7-8-15(21)14(9-12)17(23)10-22-16-6-2-4-11-3-1-5-13(18(11)16)19(22)24/h1-9,17,23H,10H2.